The topological polar surface area (TPSA) is 63.2 Å². The van der Waals surface area contributed by atoms with Crippen molar-refractivity contribution in [2.45, 2.75) is 38.1 Å². The van der Waals surface area contributed by atoms with Gasteiger partial charge >= 0.3 is 0 Å². The second-order valence-electron chi connectivity index (χ2n) is 6.19. The van der Waals surface area contributed by atoms with E-state index in [1.165, 1.54) is 0 Å². The maximum Gasteiger partial charge on any atom is 0.221 e. The van der Waals surface area contributed by atoms with Gasteiger partial charge in [0.05, 0.1) is 16.7 Å². The smallest absolute Gasteiger partial charge is 0.221 e. The number of sulfone groups is 1. The Morgan fingerprint density at radius 1 is 1.17 bits per heavy atom. The number of aryl methyl sites for hydroxylation is 1. The number of hydrogen-bond acceptors (Lipinski definition) is 4. The number of rotatable bonds is 7. The lowest BCUT2D eigenvalue weighted by molar-refractivity contribution is -0.121. The van der Waals surface area contributed by atoms with E-state index in [1.54, 1.807) is 35.6 Å². The lowest BCUT2D eigenvalue weighted by Gasteiger charge is -2.21. The first kappa shape index (κ1) is 18.7. The van der Waals surface area contributed by atoms with E-state index in [0.29, 0.717) is 0 Å². The molecule has 1 heterocycles. The summed E-state index contributed by atoms with van der Waals surface area (Å²) < 4.78 is 24.6. The summed E-state index contributed by atoms with van der Waals surface area (Å²) in [5, 5.41) is 4.93. The van der Waals surface area contributed by atoms with Gasteiger partial charge in [0.25, 0.3) is 0 Å². The molecule has 0 bridgehead atoms. The number of carbonyl (C=O) groups excluding carboxylic acids is 1. The van der Waals surface area contributed by atoms with Crippen LogP contribution in [0.3, 0.4) is 0 Å². The van der Waals surface area contributed by atoms with E-state index in [1.807, 2.05) is 38.3 Å². The molecule has 130 valence electrons. The molecule has 0 radical (unpaired) electrons. The monoisotopic (exact) mass is 365 g/mol. The van der Waals surface area contributed by atoms with Crippen LogP contribution in [-0.4, -0.2) is 20.1 Å². The molecule has 2 rings (SSSR count). The number of hydrogen-bond donors (Lipinski definition) is 1. The molecular weight excluding hydrogens is 342 g/mol. The third-order valence-corrected chi connectivity index (χ3v) is 6.50. The average Bonchev–Trinajstić information content (AvgIpc) is 3.05. The fourth-order valence-electron chi connectivity index (χ4n) is 2.37. The number of amides is 1. The van der Waals surface area contributed by atoms with Crippen molar-refractivity contribution in [2.24, 2.45) is 5.92 Å². The van der Waals surface area contributed by atoms with E-state index in [2.05, 4.69) is 5.32 Å². The van der Waals surface area contributed by atoms with Crippen LogP contribution in [0.4, 0.5) is 0 Å². The Morgan fingerprint density at radius 3 is 2.38 bits per heavy atom. The van der Waals surface area contributed by atoms with E-state index < -0.39 is 9.84 Å². The number of benzene rings is 1. The molecule has 6 heteroatoms. The van der Waals surface area contributed by atoms with Gasteiger partial charge in [-0.15, -0.1) is 11.3 Å². The van der Waals surface area contributed by atoms with Gasteiger partial charge in [-0.25, -0.2) is 8.42 Å². The van der Waals surface area contributed by atoms with Gasteiger partial charge in [-0.2, -0.15) is 0 Å². The standard InChI is InChI=1S/C18H23NO3S2/c1-13(2)18(16-5-4-11-23-16)19-17(20)10-12-24(21,22)15-8-6-14(3)7-9-15/h4-9,11,13,18H,10,12H2,1-3H3,(H,19,20)/t18-/m0/s1. The van der Waals surface area contributed by atoms with Crippen molar-refractivity contribution in [3.63, 3.8) is 0 Å². The molecule has 0 saturated heterocycles. The summed E-state index contributed by atoms with van der Waals surface area (Å²) in [5.74, 6) is -0.184. The summed E-state index contributed by atoms with van der Waals surface area (Å²) in [6.45, 7) is 5.97. The molecule has 0 unspecified atom stereocenters. The molecule has 0 spiro atoms. The Hall–Kier alpha value is -1.66. The molecule has 1 atom stereocenters. The molecule has 0 saturated carbocycles. The predicted octanol–water partition coefficient (Wildman–Crippen LogP) is 3.73. The second kappa shape index (κ2) is 7.94. The average molecular weight is 366 g/mol. The van der Waals surface area contributed by atoms with Crippen LogP contribution in [0, 0.1) is 12.8 Å². The van der Waals surface area contributed by atoms with E-state index in [0.717, 1.165) is 10.4 Å². The number of thiophene rings is 1. The summed E-state index contributed by atoms with van der Waals surface area (Å²) >= 11 is 1.59. The van der Waals surface area contributed by atoms with E-state index in [9.17, 15) is 13.2 Å². The van der Waals surface area contributed by atoms with Crippen molar-refractivity contribution in [2.75, 3.05) is 5.75 Å². The van der Waals surface area contributed by atoms with Crippen molar-refractivity contribution < 1.29 is 13.2 Å². The molecule has 0 fully saturated rings. The fraction of sp³-hybridized carbons (Fsp3) is 0.389. The molecule has 1 N–H and O–H groups in total. The maximum atomic E-state index is 12.3. The highest BCUT2D eigenvalue weighted by atomic mass is 32.2. The minimum absolute atomic E-state index is 0.0369. The third-order valence-electron chi connectivity index (χ3n) is 3.81. The van der Waals surface area contributed by atoms with Crippen molar-refractivity contribution in [3.05, 3.63) is 52.2 Å². The largest absolute Gasteiger partial charge is 0.348 e. The Bertz CT molecular complexity index is 763. The molecule has 1 amide bonds. The van der Waals surface area contributed by atoms with Crippen molar-refractivity contribution >= 4 is 27.1 Å². The summed E-state index contributed by atoms with van der Waals surface area (Å²) in [7, 11) is -3.44. The van der Waals surface area contributed by atoms with Crippen LogP contribution in [0.5, 0.6) is 0 Å². The zero-order chi connectivity index (χ0) is 17.7. The normalized spacial score (nSPS) is 13.0. The number of nitrogens with one attached hydrogen (secondary N) is 1. The van der Waals surface area contributed by atoms with Crippen LogP contribution >= 0.6 is 11.3 Å². The van der Waals surface area contributed by atoms with E-state index in [4.69, 9.17) is 0 Å². The highest BCUT2D eigenvalue weighted by Crippen LogP contribution is 2.25. The third kappa shape index (κ3) is 4.92. The molecule has 0 aliphatic carbocycles. The zero-order valence-corrected chi connectivity index (χ0v) is 15.8. The van der Waals surface area contributed by atoms with Crippen LogP contribution in [0.25, 0.3) is 0 Å². The lowest BCUT2D eigenvalue weighted by Crippen LogP contribution is -2.32. The number of carbonyl (C=O) groups is 1. The van der Waals surface area contributed by atoms with Gasteiger partial charge in [-0.1, -0.05) is 37.6 Å². The van der Waals surface area contributed by atoms with Crippen molar-refractivity contribution in [1.29, 1.82) is 0 Å². The van der Waals surface area contributed by atoms with Gasteiger partial charge in [0, 0.05) is 11.3 Å². The van der Waals surface area contributed by atoms with Gasteiger partial charge in [-0.05, 0) is 36.4 Å². The van der Waals surface area contributed by atoms with Crippen molar-refractivity contribution in [3.8, 4) is 0 Å². The van der Waals surface area contributed by atoms with Gasteiger partial charge < -0.3 is 5.32 Å². The second-order valence-corrected chi connectivity index (χ2v) is 9.27. The minimum Gasteiger partial charge on any atom is -0.348 e. The zero-order valence-electron chi connectivity index (χ0n) is 14.2. The van der Waals surface area contributed by atoms with Crippen LogP contribution in [-0.2, 0) is 14.6 Å². The van der Waals surface area contributed by atoms with Crippen LogP contribution < -0.4 is 5.32 Å². The summed E-state index contributed by atoms with van der Waals surface area (Å²) in [4.78, 5) is 13.6. The van der Waals surface area contributed by atoms with Crippen LogP contribution in [0.1, 0.15) is 36.8 Å². The summed E-state index contributed by atoms with van der Waals surface area (Å²) in [5.41, 5.74) is 1.00. The maximum absolute atomic E-state index is 12.3. The Balaban J connectivity index is 1.98. The van der Waals surface area contributed by atoms with Gasteiger partial charge in [-0.3, -0.25) is 4.79 Å². The Morgan fingerprint density at radius 2 is 1.83 bits per heavy atom. The van der Waals surface area contributed by atoms with Gasteiger partial charge in [0.2, 0.25) is 5.91 Å². The predicted molar refractivity (Wildman–Crippen MR) is 97.9 cm³/mol. The SMILES string of the molecule is Cc1ccc(S(=O)(=O)CCC(=O)N[C@H](c2cccs2)C(C)C)cc1. The summed E-state index contributed by atoms with van der Waals surface area (Å²) in [6, 6.07) is 10.6. The van der Waals surface area contributed by atoms with Crippen LogP contribution in [0.2, 0.25) is 0 Å². The molecule has 24 heavy (non-hydrogen) atoms. The van der Waals surface area contributed by atoms with Crippen LogP contribution in [0.15, 0.2) is 46.7 Å². The van der Waals surface area contributed by atoms with Gasteiger partial charge in [0.1, 0.15) is 0 Å². The highest BCUT2D eigenvalue weighted by Gasteiger charge is 2.21. The molecule has 2 aromatic rings. The Kier molecular flexibility index (Phi) is 6.18. The fourth-order valence-corrected chi connectivity index (χ4v) is 4.56. The summed E-state index contributed by atoms with van der Waals surface area (Å²) in [6.07, 6.45) is -0.0369. The first-order chi connectivity index (χ1) is 11.3. The minimum atomic E-state index is -3.44. The quantitative estimate of drug-likeness (QED) is 0.813. The molecule has 1 aromatic heterocycles. The molecule has 4 nitrogen and oxygen atoms in total. The van der Waals surface area contributed by atoms with Gasteiger partial charge in [0.15, 0.2) is 9.84 Å². The van der Waals surface area contributed by atoms with E-state index >= 15 is 0 Å². The molecular formula is C18H23NO3S2. The Labute approximate surface area is 147 Å². The lowest BCUT2D eigenvalue weighted by atomic mass is 10.0. The molecule has 0 aliphatic rings. The first-order valence-corrected chi connectivity index (χ1v) is 10.4. The first-order valence-electron chi connectivity index (χ1n) is 7.92. The van der Waals surface area contributed by atoms with Crippen molar-refractivity contribution in [1.82, 2.24) is 5.32 Å². The molecule has 1 aromatic carbocycles. The van der Waals surface area contributed by atoms with E-state index in [-0.39, 0.29) is 34.9 Å². The molecule has 0 aliphatic heterocycles. The highest BCUT2D eigenvalue weighted by molar-refractivity contribution is 7.91.